The molecule has 4 heterocycles. The number of ketones is 2. The van der Waals surface area contributed by atoms with Gasteiger partial charge < -0.3 is 20.1 Å². The number of halogens is 4. The predicted molar refractivity (Wildman–Crippen MR) is 196 cm³/mol. The van der Waals surface area contributed by atoms with Crippen LogP contribution in [0.4, 0.5) is 17.6 Å². The monoisotopic (exact) mass is 764 g/mol. The fourth-order valence-electron chi connectivity index (χ4n) is 6.75. The number of carbonyl (C=O) groups is 4. The molecule has 14 heteroatoms. The number of carbonyl (C=O) groups excluding carboxylic acids is 4. The van der Waals surface area contributed by atoms with E-state index < -0.39 is 46.9 Å². The Morgan fingerprint density at radius 1 is 0.691 bits per heavy atom. The Balaban J connectivity index is 0.000000240. The minimum Gasteiger partial charge on any atom is -0.497 e. The van der Waals surface area contributed by atoms with Gasteiger partial charge in [-0.3, -0.25) is 29.1 Å². The molecule has 0 aliphatic carbocycles. The smallest absolute Gasteiger partial charge is 0.224 e. The van der Waals surface area contributed by atoms with E-state index in [1.54, 1.807) is 30.6 Å². The number of hydrogen-bond donors (Lipinski definition) is 2. The van der Waals surface area contributed by atoms with Gasteiger partial charge in [-0.15, -0.1) is 0 Å². The van der Waals surface area contributed by atoms with Gasteiger partial charge in [-0.2, -0.15) is 0 Å². The second-order valence-corrected chi connectivity index (χ2v) is 13.4. The molecule has 2 saturated heterocycles. The highest BCUT2D eigenvalue weighted by Crippen LogP contribution is 2.38. The van der Waals surface area contributed by atoms with E-state index in [1.807, 2.05) is 19.9 Å². The SMILES string of the molecule is C.COc1cc(F)c([C@@H]2CNC(=O)[C@H]2CC(=O)Cc2ccc(C)cn2)c(F)c1.COc1cc(F)c([C@@H]2CNC(=O)[C@H]2CC(=O)Cc2ccc(C)nc2)c(F)c1. The van der Waals surface area contributed by atoms with Crippen molar-refractivity contribution < 1.29 is 46.2 Å². The van der Waals surface area contributed by atoms with E-state index in [1.165, 1.54) is 14.2 Å². The van der Waals surface area contributed by atoms with Crippen molar-refractivity contribution >= 4 is 23.4 Å². The Morgan fingerprint density at radius 3 is 1.56 bits per heavy atom. The molecule has 2 N–H and O–H groups in total. The van der Waals surface area contributed by atoms with Crippen molar-refractivity contribution in [2.45, 2.75) is 58.8 Å². The predicted octanol–water partition coefficient (Wildman–Crippen LogP) is 6.05. The van der Waals surface area contributed by atoms with E-state index >= 15 is 0 Å². The van der Waals surface area contributed by atoms with Crippen molar-refractivity contribution in [2.24, 2.45) is 11.8 Å². The minimum atomic E-state index is -0.819. The molecule has 6 rings (SSSR count). The first-order valence-corrected chi connectivity index (χ1v) is 17.3. The molecule has 0 unspecified atom stereocenters. The lowest BCUT2D eigenvalue weighted by Crippen LogP contribution is -2.23. The number of benzene rings is 2. The zero-order valence-corrected chi connectivity index (χ0v) is 30.2. The van der Waals surface area contributed by atoms with Gasteiger partial charge in [-0.05, 0) is 37.1 Å². The van der Waals surface area contributed by atoms with E-state index in [0.717, 1.165) is 41.1 Å². The fraction of sp³-hybridized carbons (Fsp3) is 0.366. The third-order valence-corrected chi connectivity index (χ3v) is 9.58. The molecule has 2 fully saturated rings. The Hall–Kier alpha value is -5.66. The molecule has 4 atom stereocenters. The van der Waals surface area contributed by atoms with Crippen molar-refractivity contribution in [2.75, 3.05) is 27.3 Å². The first-order chi connectivity index (χ1) is 25.8. The first kappa shape index (κ1) is 42.1. The molecule has 2 aliphatic heterocycles. The van der Waals surface area contributed by atoms with Gasteiger partial charge in [0.05, 0.1) is 26.1 Å². The lowest BCUT2D eigenvalue weighted by molar-refractivity contribution is -0.127. The topological polar surface area (TPSA) is 137 Å². The summed E-state index contributed by atoms with van der Waals surface area (Å²) in [5.74, 6) is -7.27. The molecule has 0 spiro atoms. The Bertz CT molecular complexity index is 1840. The standard InChI is InChI=1S/2C20H20F2N2O3.CH4/c1-11-3-4-12(9-23-11)5-13(25)6-15-16(10-24-20(15)26)19-17(21)7-14(27-2)8-18(19)22;1-11-3-4-12(23-9-11)5-13(25)6-15-16(10-24-20(15)26)19-17(21)7-14(27-2)8-18(19)22;/h2*3-4,7-9,15-16H,5-6,10H2,1-2H3,(H,24,26);1H4/t2*15-,16+;/m00./s1. The Labute approximate surface area is 317 Å². The second kappa shape index (κ2) is 18.6. The van der Waals surface area contributed by atoms with Crippen LogP contribution in [-0.2, 0) is 32.0 Å². The number of hydrogen-bond acceptors (Lipinski definition) is 8. The molecular formula is C41H44F4N4O6. The summed E-state index contributed by atoms with van der Waals surface area (Å²) in [7, 11) is 2.63. The molecule has 55 heavy (non-hydrogen) atoms. The molecule has 2 amide bonds. The van der Waals surface area contributed by atoms with E-state index in [-0.39, 0.29) is 92.2 Å². The van der Waals surface area contributed by atoms with Crippen LogP contribution in [0.5, 0.6) is 11.5 Å². The molecule has 10 nitrogen and oxygen atoms in total. The molecule has 4 aromatic rings. The van der Waals surface area contributed by atoms with Gasteiger partial charge in [0.2, 0.25) is 11.8 Å². The summed E-state index contributed by atoms with van der Waals surface area (Å²) in [5, 5.41) is 5.22. The fourth-order valence-corrected chi connectivity index (χ4v) is 6.75. The van der Waals surface area contributed by atoms with Crippen molar-refractivity contribution in [3.05, 3.63) is 118 Å². The first-order valence-electron chi connectivity index (χ1n) is 17.3. The highest BCUT2D eigenvalue weighted by atomic mass is 19.1. The average molecular weight is 765 g/mol. The number of nitrogens with one attached hydrogen (secondary N) is 2. The highest BCUT2D eigenvalue weighted by molar-refractivity contribution is 5.90. The highest BCUT2D eigenvalue weighted by Gasteiger charge is 2.41. The number of rotatable bonds is 12. The summed E-state index contributed by atoms with van der Waals surface area (Å²) in [6.45, 7) is 3.91. The van der Waals surface area contributed by atoms with Gasteiger partial charge in [0, 0.05) is 110 Å². The molecule has 0 saturated carbocycles. The summed E-state index contributed by atoms with van der Waals surface area (Å²) >= 11 is 0. The van der Waals surface area contributed by atoms with Crippen LogP contribution in [-0.4, -0.2) is 60.7 Å². The number of pyridine rings is 2. The third kappa shape index (κ3) is 10.3. The van der Waals surface area contributed by atoms with Crippen molar-refractivity contribution in [1.29, 1.82) is 0 Å². The van der Waals surface area contributed by atoms with Gasteiger partial charge >= 0.3 is 0 Å². The maximum atomic E-state index is 14.4. The zero-order valence-electron chi connectivity index (χ0n) is 30.2. The maximum absolute atomic E-state index is 14.4. The molecule has 2 aromatic heterocycles. The number of aromatic nitrogens is 2. The van der Waals surface area contributed by atoms with Crippen LogP contribution in [0.25, 0.3) is 0 Å². The molecular weight excluding hydrogens is 720 g/mol. The number of Topliss-reactive ketones (excluding diaryl/α,β-unsaturated/α-hetero) is 2. The van der Waals surface area contributed by atoms with Crippen LogP contribution in [0, 0.1) is 49.0 Å². The zero-order chi connectivity index (χ0) is 39.1. The van der Waals surface area contributed by atoms with Crippen LogP contribution < -0.4 is 20.1 Å². The molecule has 292 valence electrons. The quantitative estimate of drug-likeness (QED) is 0.167. The van der Waals surface area contributed by atoms with Crippen molar-refractivity contribution in [3.63, 3.8) is 0 Å². The van der Waals surface area contributed by atoms with Crippen LogP contribution in [0.15, 0.2) is 60.9 Å². The van der Waals surface area contributed by atoms with E-state index in [9.17, 15) is 36.7 Å². The Morgan fingerprint density at radius 2 is 1.16 bits per heavy atom. The molecule has 0 radical (unpaired) electrons. The van der Waals surface area contributed by atoms with Crippen LogP contribution in [0.2, 0.25) is 0 Å². The lowest BCUT2D eigenvalue weighted by Gasteiger charge is -2.18. The van der Waals surface area contributed by atoms with E-state index in [4.69, 9.17) is 9.47 Å². The maximum Gasteiger partial charge on any atom is 0.224 e. The lowest BCUT2D eigenvalue weighted by atomic mass is 9.84. The number of methoxy groups -OCH3 is 2. The molecule has 0 bridgehead atoms. The van der Waals surface area contributed by atoms with Crippen LogP contribution >= 0.6 is 0 Å². The number of nitrogens with zero attached hydrogens (tertiary/aromatic N) is 2. The summed E-state index contributed by atoms with van der Waals surface area (Å²) in [5.41, 5.74) is 2.77. The minimum absolute atomic E-state index is 0. The normalized spacial score (nSPS) is 18.7. The van der Waals surface area contributed by atoms with Gasteiger partial charge in [0.1, 0.15) is 46.3 Å². The third-order valence-electron chi connectivity index (χ3n) is 9.58. The summed E-state index contributed by atoms with van der Waals surface area (Å²) in [6.07, 6.45) is 3.28. The van der Waals surface area contributed by atoms with E-state index in [2.05, 4.69) is 20.6 Å². The van der Waals surface area contributed by atoms with Crippen molar-refractivity contribution in [3.8, 4) is 11.5 Å². The summed E-state index contributed by atoms with van der Waals surface area (Å²) in [6, 6.07) is 11.5. The average Bonchev–Trinajstić information content (AvgIpc) is 3.66. The summed E-state index contributed by atoms with van der Waals surface area (Å²) < 4.78 is 67.4. The number of amides is 2. The number of aryl methyl sites for hydroxylation is 2. The largest absolute Gasteiger partial charge is 0.497 e. The number of ether oxygens (including phenoxy) is 2. The van der Waals surface area contributed by atoms with Crippen LogP contribution in [0.3, 0.4) is 0 Å². The molecule has 2 aliphatic rings. The van der Waals surface area contributed by atoms with Crippen molar-refractivity contribution in [1.82, 2.24) is 20.6 Å². The van der Waals surface area contributed by atoms with Gasteiger partial charge in [-0.1, -0.05) is 19.6 Å². The van der Waals surface area contributed by atoms with Gasteiger partial charge in [0.25, 0.3) is 0 Å². The Kier molecular flexibility index (Phi) is 14.2. The molecule has 2 aromatic carbocycles. The second-order valence-electron chi connectivity index (χ2n) is 13.4. The van der Waals surface area contributed by atoms with Gasteiger partial charge in [0.15, 0.2) is 0 Å². The summed E-state index contributed by atoms with van der Waals surface area (Å²) in [4.78, 5) is 57.5. The van der Waals surface area contributed by atoms with Gasteiger partial charge in [-0.25, -0.2) is 17.6 Å². The van der Waals surface area contributed by atoms with Crippen LogP contribution in [0.1, 0.15) is 65.7 Å². The van der Waals surface area contributed by atoms with E-state index in [0.29, 0.717) is 5.69 Å².